The first-order valence-electron chi connectivity index (χ1n) is 6.83. The van der Waals surface area contributed by atoms with E-state index in [-0.39, 0.29) is 30.1 Å². The van der Waals surface area contributed by atoms with Gasteiger partial charge in [0.2, 0.25) is 0 Å². The molecule has 114 valence electrons. The molecule has 0 aliphatic rings. The van der Waals surface area contributed by atoms with Crippen LogP contribution in [0.25, 0.3) is 0 Å². The zero-order chi connectivity index (χ0) is 14.3. The molecule has 0 unspecified atom stereocenters. The van der Waals surface area contributed by atoms with Gasteiger partial charge >= 0.3 is 0 Å². The van der Waals surface area contributed by atoms with Crippen LogP contribution < -0.4 is 15.8 Å². The van der Waals surface area contributed by atoms with Gasteiger partial charge < -0.3 is 15.8 Å². The maximum Gasteiger partial charge on any atom is 0.188 e. The number of nitrogens with two attached hydrogens (primary N) is 1. The van der Waals surface area contributed by atoms with Gasteiger partial charge in [-0.15, -0.1) is 24.0 Å². The van der Waals surface area contributed by atoms with Gasteiger partial charge in [0.05, 0.1) is 12.6 Å². The summed E-state index contributed by atoms with van der Waals surface area (Å²) in [6.45, 7) is 9.56. The number of nitrogens with zero attached hydrogens (tertiary/aromatic N) is 1. The van der Waals surface area contributed by atoms with Crippen LogP contribution in [0, 0.1) is 6.92 Å². The Labute approximate surface area is 139 Å². The summed E-state index contributed by atoms with van der Waals surface area (Å²) in [4.78, 5) is 4.33. The van der Waals surface area contributed by atoms with E-state index in [4.69, 9.17) is 10.5 Å². The minimum atomic E-state index is 0. The molecule has 0 saturated heterocycles. The molecule has 1 rings (SSSR count). The van der Waals surface area contributed by atoms with E-state index in [9.17, 15) is 0 Å². The van der Waals surface area contributed by atoms with Gasteiger partial charge in [0.1, 0.15) is 5.75 Å². The van der Waals surface area contributed by atoms with Gasteiger partial charge in [-0.25, -0.2) is 4.99 Å². The molecule has 4 nitrogen and oxygen atoms in total. The van der Waals surface area contributed by atoms with E-state index in [0.717, 1.165) is 24.3 Å². The maximum absolute atomic E-state index is 5.81. The lowest BCUT2D eigenvalue weighted by Crippen LogP contribution is -2.32. The highest BCUT2D eigenvalue weighted by atomic mass is 127. The smallest absolute Gasteiger partial charge is 0.188 e. The van der Waals surface area contributed by atoms with E-state index in [1.165, 1.54) is 5.56 Å². The van der Waals surface area contributed by atoms with Crippen LogP contribution in [-0.4, -0.2) is 18.6 Å². The average molecular weight is 391 g/mol. The number of guanidine groups is 1. The lowest BCUT2D eigenvalue weighted by atomic mass is 10.1. The number of hydrogen-bond donors (Lipinski definition) is 2. The summed E-state index contributed by atoms with van der Waals surface area (Å²) >= 11 is 0. The topological polar surface area (TPSA) is 59.6 Å². The molecule has 0 saturated carbocycles. The van der Waals surface area contributed by atoms with Crippen LogP contribution in [0.2, 0.25) is 0 Å². The predicted molar refractivity (Wildman–Crippen MR) is 96.0 cm³/mol. The molecule has 1 aromatic rings. The third kappa shape index (κ3) is 6.98. The van der Waals surface area contributed by atoms with Gasteiger partial charge in [-0.05, 0) is 38.8 Å². The van der Waals surface area contributed by atoms with Crippen LogP contribution >= 0.6 is 24.0 Å². The molecule has 0 heterocycles. The van der Waals surface area contributed by atoms with E-state index in [2.05, 4.69) is 30.2 Å². The average Bonchev–Trinajstić information content (AvgIpc) is 2.34. The van der Waals surface area contributed by atoms with Crippen LogP contribution in [0.3, 0.4) is 0 Å². The standard InChI is InChI=1S/C15H25N3O.HI/c1-5-8-17-15(16)18-10-13-7-6-12(4)9-14(13)19-11(2)3;/h6-7,9,11H,5,8,10H2,1-4H3,(H3,16,17,18);1H. The highest BCUT2D eigenvalue weighted by molar-refractivity contribution is 14.0. The van der Waals surface area contributed by atoms with Crippen LogP contribution in [0.1, 0.15) is 38.3 Å². The summed E-state index contributed by atoms with van der Waals surface area (Å²) in [5, 5.41) is 3.06. The number of benzene rings is 1. The van der Waals surface area contributed by atoms with Crippen molar-refractivity contribution in [2.45, 2.75) is 46.8 Å². The fraction of sp³-hybridized carbons (Fsp3) is 0.533. The Morgan fingerprint density at radius 2 is 2.10 bits per heavy atom. The first kappa shape index (κ1) is 19.0. The second-order valence-corrected chi connectivity index (χ2v) is 4.91. The minimum Gasteiger partial charge on any atom is -0.491 e. The van der Waals surface area contributed by atoms with Gasteiger partial charge in [0, 0.05) is 12.1 Å². The molecule has 0 aromatic heterocycles. The zero-order valence-electron chi connectivity index (χ0n) is 12.8. The van der Waals surface area contributed by atoms with Gasteiger partial charge in [0.15, 0.2) is 5.96 Å². The lowest BCUT2D eigenvalue weighted by molar-refractivity contribution is 0.240. The number of nitrogens with one attached hydrogen (secondary N) is 1. The van der Waals surface area contributed by atoms with E-state index in [1.807, 2.05) is 26.0 Å². The summed E-state index contributed by atoms with van der Waals surface area (Å²) in [6, 6.07) is 6.15. The van der Waals surface area contributed by atoms with Gasteiger partial charge in [-0.1, -0.05) is 19.1 Å². The molecule has 0 spiro atoms. The molecular formula is C15H26IN3O. The first-order valence-corrected chi connectivity index (χ1v) is 6.83. The second kappa shape index (κ2) is 9.85. The monoisotopic (exact) mass is 391 g/mol. The maximum atomic E-state index is 5.81. The van der Waals surface area contributed by atoms with Crippen LogP contribution in [-0.2, 0) is 6.54 Å². The number of ether oxygens (including phenoxy) is 1. The fourth-order valence-electron chi connectivity index (χ4n) is 1.64. The number of hydrogen-bond acceptors (Lipinski definition) is 2. The molecule has 3 N–H and O–H groups in total. The Morgan fingerprint density at radius 3 is 2.70 bits per heavy atom. The molecule has 0 atom stereocenters. The van der Waals surface area contributed by atoms with Crippen molar-refractivity contribution in [3.63, 3.8) is 0 Å². The van der Waals surface area contributed by atoms with Crippen LogP contribution in [0.5, 0.6) is 5.75 Å². The van der Waals surface area contributed by atoms with E-state index < -0.39 is 0 Å². The largest absolute Gasteiger partial charge is 0.491 e. The van der Waals surface area contributed by atoms with E-state index >= 15 is 0 Å². The summed E-state index contributed by atoms with van der Waals surface area (Å²) in [5.74, 6) is 1.37. The van der Waals surface area contributed by atoms with E-state index in [0.29, 0.717) is 12.5 Å². The Kier molecular flexibility index (Phi) is 9.37. The van der Waals surface area contributed by atoms with Crippen molar-refractivity contribution >= 4 is 29.9 Å². The second-order valence-electron chi connectivity index (χ2n) is 4.91. The zero-order valence-corrected chi connectivity index (χ0v) is 15.1. The Bertz CT molecular complexity index is 433. The molecule has 5 heteroatoms. The molecule has 0 aliphatic heterocycles. The molecule has 0 bridgehead atoms. The summed E-state index contributed by atoms with van der Waals surface area (Å²) < 4.78 is 5.81. The number of aryl methyl sites for hydroxylation is 1. The SMILES string of the molecule is CCCNC(N)=NCc1ccc(C)cc1OC(C)C.I. The van der Waals surface area contributed by atoms with Gasteiger partial charge in [0.25, 0.3) is 0 Å². The Hall–Kier alpha value is -0.980. The van der Waals surface area contributed by atoms with Crippen molar-refractivity contribution in [2.24, 2.45) is 10.7 Å². The third-order valence-corrected chi connectivity index (χ3v) is 2.56. The quantitative estimate of drug-likeness (QED) is 0.445. The Balaban J connectivity index is 0.00000361. The molecule has 20 heavy (non-hydrogen) atoms. The summed E-state index contributed by atoms with van der Waals surface area (Å²) in [7, 11) is 0. The highest BCUT2D eigenvalue weighted by Crippen LogP contribution is 2.22. The summed E-state index contributed by atoms with van der Waals surface area (Å²) in [5.41, 5.74) is 8.02. The fourth-order valence-corrected chi connectivity index (χ4v) is 1.64. The first-order chi connectivity index (χ1) is 9.02. The number of rotatable bonds is 6. The highest BCUT2D eigenvalue weighted by Gasteiger charge is 2.06. The Morgan fingerprint density at radius 1 is 1.40 bits per heavy atom. The molecule has 0 amide bonds. The predicted octanol–water partition coefficient (Wildman–Crippen LogP) is 3.21. The number of halogens is 1. The van der Waals surface area contributed by atoms with Crippen molar-refractivity contribution in [3.8, 4) is 5.75 Å². The van der Waals surface area contributed by atoms with Crippen LogP contribution in [0.4, 0.5) is 0 Å². The summed E-state index contributed by atoms with van der Waals surface area (Å²) in [6.07, 6.45) is 1.18. The van der Waals surface area contributed by atoms with Crippen molar-refractivity contribution < 1.29 is 4.74 Å². The third-order valence-electron chi connectivity index (χ3n) is 2.56. The van der Waals surface area contributed by atoms with Gasteiger partial charge in [-0.2, -0.15) is 0 Å². The molecular weight excluding hydrogens is 365 g/mol. The van der Waals surface area contributed by atoms with Gasteiger partial charge in [-0.3, -0.25) is 0 Å². The number of aliphatic imine (C=N–C) groups is 1. The normalized spacial score (nSPS) is 11.2. The molecule has 1 aromatic carbocycles. The lowest BCUT2D eigenvalue weighted by Gasteiger charge is -2.14. The van der Waals surface area contributed by atoms with Crippen molar-refractivity contribution in [1.29, 1.82) is 0 Å². The molecule has 0 radical (unpaired) electrons. The van der Waals surface area contributed by atoms with Crippen molar-refractivity contribution in [2.75, 3.05) is 6.54 Å². The van der Waals surface area contributed by atoms with Crippen molar-refractivity contribution in [1.82, 2.24) is 5.32 Å². The molecule has 0 aliphatic carbocycles. The van der Waals surface area contributed by atoms with Crippen molar-refractivity contribution in [3.05, 3.63) is 29.3 Å². The van der Waals surface area contributed by atoms with E-state index in [1.54, 1.807) is 0 Å². The van der Waals surface area contributed by atoms with Crippen LogP contribution in [0.15, 0.2) is 23.2 Å². The molecule has 0 fully saturated rings. The minimum absolute atomic E-state index is 0.